The molecule has 1 saturated heterocycles. The lowest BCUT2D eigenvalue weighted by atomic mass is 9.79. The van der Waals surface area contributed by atoms with Crippen molar-refractivity contribution in [2.45, 2.75) is 27.2 Å². The Morgan fingerprint density at radius 1 is 1.36 bits per heavy atom. The Morgan fingerprint density at radius 3 is 2.00 bits per heavy atom. The molecule has 0 unspecified atom stereocenters. The van der Waals surface area contributed by atoms with Crippen LogP contribution in [0.5, 0.6) is 0 Å². The third kappa shape index (κ3) is 2.80. The predicted molar refractivity (Wildman–Crippen MR) is 50.9 cm³/mol. The van der Waals surface area contributed by atoms with Crippen LogP contribution in [0.4, 0.5) is 0 Å². The van der Waals surface area contributed by atoms with Crippen molar-refractivity contribution in [3.05, 3.63) is 0 Å². The Labute approximate surface area is 70.8 Å². The van der Waals surface area contributed by atoms with Crippen molar-refractivity contribution < 1.29 is 0 Å². The van der Waals surface area contributed by atoms with Crippen LogP contribution in [0.2, 0.25) is 0 Å². The minimum Gasteiger partial charge on any atom is -0.319 e. The predicted octanol–water partition coefficient (Wildman–Crippen LogP) is 1.23. The molecule has 1 heterocycles. The van der Waals surface area contributed by atoms with Gasteiger partial charge in [0.25, 0.3) is 0 Å². The van der Waals surface area contributed by atoms with Crippen LogP contribution < -0.4 is 10.6 Å². The van der Waals surface area contributed by atoms with Gasteiger partial charge in [0.15, 0.2) is 0 Å². The molecular weight excluding hydrogens is 136 g/mol. The van der Waals surface area contributed by atoms with E-state index in [0.717, 1.165) is 6.54 Å². The molecular formula is C9H22N2. The summed E-state index contributed by atoms with van der Waals surface area (Å²) in [7, 11) is 2.02. The summed E-state index contributed by atoms with van der Waals surface area (Å²) in [5, 5.41) is 6.52. The molecule has 1 rings (SSSR count). The minimum atomic E-state index is 0.592. The van der Waals surface area contributed by atoms with E-state index in [9.17, 15) is 0 Å². The summed E-state index contributed by atoms with van der Waals surface area (Å²) >= 11 is 0. The maximum Gasteiger partial charge on any atom is 0.00745 e. The third-order valence-corrected chi connectivity index (χ3v) is 2.30. The molecule has 0 spiro atoms. The van der Waals surface area contributed by atoms with Crippen molar-refractivity contribution in [2.75, 3.05) is 26.7 Å². The van der Waals surface area contributed by atoms with Gasteiger partial charge in [-0.25, -0.2) is 0 Å². The number of nitrogens with one attached hydrogen (secondary N) is 2. The third-order valence-electron chi connectivity index (χ3n) is 2.30. The van der Waals surface area contributed by atoms with Crippen LogP contribution in [0.25, 0.3) is 0 Å². The molecule has 0 radical (unpaired) electrons. The van der Waals surface area contributed by atoms with Crippen molar-refractivity contribution in [2.24, 2.45) is 5.41 Å². The molecule has 0 aromatic carbocycles. The van der Waals surface area contributed by atoms with Crippen LogP contribution in [-0.4, -0.2) is 26.7 Å². The Bertz CT molecular complexity index is 82.1. The van der Waals surface area contributed by atoms with Crippen molar-refractivity contribution in [3.8, 4) is 0 Å². The molecule has 0 aliphatic carbocycles. The van der Waals surface area contributed by atoms with E-state index in [1.165, 1.54) is 19.5 Å². The van der Waals surface area contributed by atoms with Gasteiger partial charge in [-0.15, -0.1) is 0 Å². The normalized spacial score (nSPS) is 19.6. The zero-order chi connectivity index (χ0) is 8.74. The van der Waals surface area contributed by atoms with Gasteiger partial charge in [0.1, 0.15) is 0 Å². The lowest BCUT2D eigenvalue weighted by Gasteiger charge is -2.42. The van der Waals surface area contributed by atoms with Gasteiger partial charge in [-0.05, 0) is 13.5 Å². The first kappa shape index (κ1) is 10.9. The molecule has 1 aliphatic heterocycles. The highest BCUT2D eigenvalue weighted by atomic mass is 15.0. The zero-order valence-corrected chi connectivity index (χ0v) is 8.33. The van der Waals surface area contributed by atoms with Gasteiger partial charge in [0.05, 0.1) is 0 Å². The summed E-state index contributed by atoms with van der Waals surface area (Å²) in [6.45, 7) is 9.82. The maximum absolute atomic E-state index is 3.30. The summed E-state index contributed by atoms with van der Waals surface area (Å²) in [6, 6.07) is 0. The van der Waals surface area contributed by atoms with Crippen LogP contribution in [0.3, 0.4) is 0 Å². The topological polar surface area (TPSA) is 24.1 Å². The molecule has 11 heavy (non-hydrogen) atoms. The highest BCUT2D eigenvalue weighted by molar-refractivity contribution is 4.92. The van der Waals surface area contributed by atoms with Gasteiger partial charge in [-0.3, -0.25) is 0 Å². The lowest BCUT2D eigenvalue weighted by molar-refractivity contribution is 0.160. The summed E-state index contributed by atoms with van der Waals surface area (Å²) in [5.74, 6) is 0. The maximum atomic E-state index is 3.30. The molecule has 2 heteroatoms. The molecule has 0 saturated carbocycles. The molecule has 0 bridgehead atoms. The lowest BCUT2D eigenvalue weighted by Crippen LogP contribution is -2.57. The highest BCUT2D eigenvalue weighted by Gasteiger charge is 2.33. The van der Waals surface area contributed by atoms with Crippen LogP contribution >= 0.6 is 0 Å². The monoisotopic (exact) mass is 158 g/mol. The van der Waals surface area contributed by atoms with Gasteiger partial charge in [-0.1, -0.05) is 20.8 Å². The Morgan fingerprint density at radius 2 is 1.91 bits per heavy atom. The standard InChI is InChI=1S/C7H16N2.C2H6/c1-3-7(4-8-2)5-9-6-7;1-2/h8-9H,3-6H2,1-2H3;1-2H3. The second-order valence-corrected chi connectivity index (χ2v) is 2.99. The molecule has 0 atom stereocenters. The van der Waals surface area contributed by atoms with E-state index < -0.39 is 0 Å². The fourth-order valence-corrected chi connectivity index (χ4v) is 1.35. The van der Waals surface area contributed by atoms with Crippen molar-refractivity contribution >= 4 is 0 Å². The first-order valence-electron chi connectivity index (χ1n) is 4.68. The quantitative estimate of drug-likeness (QED) is 0.645. The average molecular weight is 158 g/mol. The Hall–Kier alpha value is -0.0800. The summed E-state index contributed by atoms with van der Waals surface area (Å²) < 4.78 is 0. The van der Waals surface area contributed by atoms with Crippen LogP contribution in [0.15, 0.2) is 0 Å². The van der Waals surface area contributed by atoms with Crippen molar-refractivity contribution in [3.63, 3.8) is 0 Å². The van der Waals surface area contributed by atoms with Gasteiger partial charge in [0, 0.05) is 25.0 Å². The largest absolute Gasteiger partial charge is 0.319 e. The van der Waals surface area contributed by atoms with Crippen molar-refractivity contribution in [1.29, 1.82) is 0 Å². The highest BCUT2D eigenvalue weighted by Crippen LogP contribution is 2.24. The SMILES string of the molecule is CC.CCC1(CNC)CNC1. The molecule has 2 nitrogen and oxygen atoms in total. The molecule has 2 N–H and O–H groups in total. The molecule has 0 aromatic heterocycles. The van der Waals surface area contributed by atoms with E-state index in [2.05, 4.69) is 17.6 Å². The average Bonchev–Trinajstić information content (AvgIpc) is 2.01. The molecule has 1 fully saturated rings. The number of hydrogen-bond acceptors (Lipinski definition) is 2. The van der Waals surface area contributed by atoms with Gasteiger partial charge < -0.3 is 10.6 Å². The molecule has 68 valence electrons. The van der Waals surface area contributed by atoms with E-state index in [1.807, 2.05) is 20.9 Å². The van der Waals surface area contributed by atoms with E-state index in [1.54, 1.807) is 0 Å². The Kier molecular flexibility index (Phi) is 5.51. The van der Waals surface area contributed by atoms with Crippen molar-refractivity contribution in [1.82, 2.24) is 10.6 Å². The number of hydrogen-bond donors (Lipinski definition) is 2. The molecule has 0 aromatic rings. The second-order valence-electron chi connectivity index (χ2n) is 2.99. The van der Waals surface area contributed by atoms with Gasteiger partial charge >= 0.3 is 0 Å². The fraction of sp³-hybridized carbons (Fsp3) is 1.00. The van der Waals surface area contributed by atoms with Gasteiger partial charge in [0.2, 0.25) is 0 Å². The summed E-state index contributed by atoms with van der Waals surface area (Å²) in [5.41, 5.74) is 0.592. The van der Waals surface area contributed by atoms with E-state index >= 15 is 0 Å². The minimum absolute atomic E-state index is 0.592. The number of rotatable bonds is 3. The second kappa shape index (κ2) is 5.56. The first-order valence-corrected chi connectivity index (χ1v) is 4.68. The summed E-state index contributed by atoms with van der Waals surface area (Å²) in [4.78, 5) is 0. The summed E-state index contributed by atoms with van der Waals surface area (Å²) in [6.07, 6.45) is 1.29. The molecule has 1 aliphatic rings. The molecule has 0 amide bonds. The van der Waals surface area contributed by atoms with Crippen LogP contribution in [0.1, 0.15) is 27.2 Å². The fourth-order valence-electron chi connectivity index (χ4n) is 1.35. The first-order chi connectivity index (χ1) is 5.33. The van der Waals surface area contributed by atoms with Crippen LogP contribution in [0, 0.1) is 5.41 Å². The smallest absolute Gasteiger partial charge is 0.00745 e. The van der Waals surface area contributed by atoms with Crippen LogP contribution in [-0.2, 0) is 0 Å². The van der Waals surface area contributed by atoms with Gasteiger partial charge in [-0.2, -0.15) is 0 Å². The van der Waals surface area contributed by atoms with E-state index in [0.29, 0.717) is 5.41 Å². The van der Waals surface area contributed by atoms with E-state index in [-0.39, 0.29) is 0 Å². The van der Waals surface area contributed by atoms with E-state index in [4.69, 9.17) is 0 Å². The zero-order valence-electron chi connectivity index (χ0n) is 8.33. The Balaban J connectivity index is 0.000000461.